The highest BCUT2D eigenvalue weighted by Gasteiger charge is 2.73. The Morgan fingerprint density at radius 2 is 1.82 bits per heavy atom. The molecule has 0 aliphatic carbocycles. The number of aliphatic hydroxyl groups is 1. The van der Waals surface area contributed by atoms with Crippen LogP contribution >= 0.6 is 11.8 Å². The Morgan fingerprint density at radius 1 is 1.13 bits per heavy atom. The number of amides is 3. The molecule has 1 aromatic rings. The standard InChI is InChI=1S/C30H45N3O5S/c1-7-38-20-12-10-19(11-13-20)31-25(35)22-21-14-15-30(39-21)23(22)27(37)33(16-8-9-17-34)24(30)26(36)32-29(5,6)18-28(2,3)4/h10-13,21-24,34H,7-9,14-18H2,1-6H3,(H,31,35)(H,32,36)/t21-,22+,23-,24?,30?/m0/s1. The van der Waals surface area contributed by atoms with Gasteiger partial charge < -0.3 is 25.4 Å². The summed E-state index contributed by atoms with van der Waals surface area (Å²) in [6, 6.07) is 6.62. The topological polar surface area (TPSA) is 108 Å². The molecule has 2 unspecified atom stereocenters. The van der Waals surface area contributed by atoms with Crippen LogP contribution < -0.4 is 15.4 Å². The molecule has 216 valence electrons. The Bertz CT molecular complexity index is 1070. The summed E-state index contributed by atoms with van der Waals surface area (Å²) >= 11 is 1.67. The SMILES string of the molecule is CCOc1ccc(NC(=O)[C@@H]2[C@@H]3CCC4(S3)C(C(=O)NC(C)(C)CC(C)(C)C)N(CCCCO)C(=O)[C@H]24)cc1. The third-order valence-electron chi connectivity index (χ3n) is 8.03. The number of benzene rings is 1. The van der Waals surface area contributed by atoms with Crippen molar-refractivity contribution in [1.29, 1.82) is 0 Å². The number of likely N-dealkylation sites (tertiary alicyclic amines) is 1. The van der Waals surface area contributed by atoms with Crippen LogP contribution in [-0.4, -0.2) is 69.1 Å². The predicted octanol–water partition coefficient (Wildman–Crippen LogP) is 4.22. The maximum absolute atomic E-state index is 14.0. The van der Waals surface area contributed by atoms with Crippen molar-refractivity contribution in [3.8, 4) is 5.75 Å². The van der Waals surface area contributed by atoms with Gasteiger partial charge in [-0.1, -0.05) is 20.8 Å². The first-order valence-corrected chi connectivity index (χ1v) is 15.1. The number of aliphatic hydroxyl groups excluding tert-OH is 1. The van der Waals surface area contributed by atoms with E-state index in [1.54, 1.807) is 16.7 Å². The van der Waals surface area contributed by atoms with E-state index in [1.807, 2.05) is 45.0 Å². The van der Waals surface area contributed by atoms with E-state index in [0.717, 1.165) is 25.0 Å². The zero-order chi connectivity index (χ0) is 28.6. The highest BCUT2D eigenvalue weighted by atomic mass is 32.2. The van der Waals surface area contributed by atoms with Gasteiger partial charge in [-0.25, -0.2) is 0 Å². The van der Waals surface area contributed by atoms with Gasteiger partial charge in [0.05, 0.1) is 23.2 Å². The number of fused-ring (bicyclic) bond motifs is 1. The maximum atomic E-state index is 14.0. The number of nitrogens with one attached hydrogen (secondary N) is 2. The molecule has 2 bridgehead atoms. The lowest BCUT2D eigenvalue weighted by molar-refractivity contribution is -0.139. The van der Waals surface area contributed by atoms with E-state index in [0.29, 0.717) is 31.7 Å². The van der Waals surface area contributed by atoms with Crippen LogP contribution in [-0.2, 0) is 14.4 Å². The number of rotatable bonds is 11. The van der Waals surface area contributed by atoms with Gasteiger partial charge in [-0.15, -0.1) is 11.8 Å². The molecule has 3 fully saturated rings. The van der Waals surface area contributed by atoms with Gasteiger partial charge in [-0.2, -0.15) is 0 Å². The molecule has 3 N–H and O–H groups in total. The molecular formula is C30H45N3O5S. The second-order valence-electron chi connectivity index (χ2n) is 13.1. The molecule has 9 heteroatoms. The number of thioether (sulfide) groups is 1. The second kappa shape index (κ2) is 11.3. The molecular weight excluding hydrogens is 514 g/mol. The van der Waals surface area contributed by atoms with Crippen molar-refractivity contribution in [2.24, 2.45) is 17.3 Å². The third kappa shape index (κ3) is 6.09. The summed E-state index contributed by atoms with van der Waals surface area (Å²) in [5, 5.41) is 15.7. The Labute approximate surface area is 237 Å². The number of ether oxygens (including phenoxy) is 1. The van der Waals surface area contributed by atoms with Gasteiger partial charge in [0.1, 0.15) is 11.8 Å². The molecule has 39 heavy (non-hydrogen) atoms. The highest BCUT2D eigenvalue weighted by Crippen LogP contribution is 2.66. The zero-order valence-electron chi connectivity index (χ0n) is 24.2. The van der Waals surface area contributed by atoms with Crippen molar-refractivity contribution in [2.75, 3.05) is 25.1 Å². The van der Waals surface area contributed by atoms with Crippen molar-refractivity contribution in [1.82, 2.24) is 10.2 Å². The van der Waals surface area contributed by atoms with Crippen molar-refractivity contribution in [2.45, 2.75) is 95.2 Å². The summed E-state index contributed by atoms with van der Waals surface area (Å²) in [4.78, 5) is 43.5. The predicted molar refractivity (Wildman–Crippen MR) is 155 cm³/mol. The average molecular weight is 560 g/mol. The fourth-order valence-electron chi connectivity index (χ4n) is 7.19. The van der Waals surface area contributed by atoms with Crippen LogP contribution in [0, 0.1) is 17.3 Å². The molecule has 1 aromatic carbocycles. The first-order valence-electron chi connectivity index (χ1n) is 14.3. The monoisotopic (exact) mass is 559 g/mol. The number of nitrogens with zero attached hydrogens (tertiary/aromatic N) is 1. The number of carbonyl (C=O) groups is 3. The summed E-state index contributed by atoms with van der Waals surface area (Å²) in [6.45, 7) is 13.4. The van der Waals surface area contributed by atoms with Crippen LogP contribution in [0.25, 0.3) is 0 Å². The lowest BCUT2D eigenvalue weighted by Gasteiger charge is -2.38. The molecule has 8 nitrogen and oxygen atoms in total. The largest absolute Gasteiger partial charge is 0.494 e. The minimum absolute atomic E-state index is 0.000810. The summed E-state index contributed by atoms with van der Waals surface area (Å²) in [5.41, 5.74) is 0.234. The first kappa shape index (κ1) is 29.7. The van der Waals surface area contributed by atoms with Crippen LogP contribution in [0.1, 0.15) is 73.6 Å². The van der Waals surface area contributed by atoms with E-state index in [1.165, 1.54) is 0 Å². The van der Waals surface area contributed by atoms with Gasteiger partial charge in [0.25, 0.3) is 0 Å². The van der Waals surface area contributed by atoms with Crippen molar-refractivity contribution in [3.05, 3.63) is 24.3 Å². The Morgan fingerprint density at radius 3 is 2.44 bits per heavy atom. The van der Waals surface area contributed by atoms with Crippen molar-refractivity contribution >= 4 is 35.2 Å². The average Bonchev–Trinajstić information content (AvgIpc) is 3.46. The number of hydrogen-bond acceptors (Lipinski definition) is 6. The molecule has 3 aliphatic rings. The van der Waals surface area contributed by atoms with E-state index in [2.05, 4.69) is 31.4 Å². The van der Waals surface area contributed by atoms with Crippen LogP contribution in [0.4, 0.5) is 5.69 Å². The Hall–Kier alpha value is -2.26. The molecule has 4 rings (SSSR count). The molecule has 5 atom stereocenters. The fourth-order valence-corrected chi connectivity index (χ4v) is 9.41. The minimum Gasteiger partial charge on any atom is -0.494 e. The number of unbranched alkanes of at least 4 members (excludes halogenated alkanes) is 1. The number of hydrogen-bond donors (Lipinski definition) is 3. The number of anilines is 1. The maximum Gasteiger partial charge on any atom is 0.244 e. The summed E-state index contributed by atoms with van der Waals surface area (Å²) in [5.74, 6) is -0.713. The third-order valence-corrected chi connectivity index (χ3v) is 9.98. The van der Waals surface area contributed by atoms with Crippen LogP contribution in [0.3, 0.4) is 0 Å². The molecule has 3 aliphatic heterocycles. The Balaban J connectivity index is 1.59. The quantitative estimate of drug-likeness (QED) is 0.351. The van der Waals surface area contributed by atoms with E-state index < -0.39 is 28.2 Å². The van der Waals surface area contributed by atoms with Gasteiger partial charge in [0.15, 0.2) is 0 Å². The highest BCUT2D eigenvalue weighted by molar-refractivity contribution is 8.02. The smallest absolute Gasteiger partial charge is 0.244 e. The second-order valence-corrected chi connectivity index (χ2v) is 14.7. The van der Waals surface area contributed by atoms with Crippen molar-refractivity contribution < 1.29 is 24.2 Å². The molecule has 1 spiro atoms. The molecule has 0 aromatic heterocycles. The van der Waals surface area contributed by atoms with E-state index in [4.69, 9.17) is 4.74 Å². The Kier molecular flexibility index (Phi) is 8.62. The summed E-state index contributed by atoms with van der Waals surface area (Å²) in [6.07, 6.45) is 3.49. The van der Waals surface area contributed by atoms with Crippen LogP contribution in [0.2, 0.25) is 0 Å². The molecule has 3 saturated heterocycles. The fraction of sp³-hybridized carbons (Fsp3) is 0.700. The molecule has 3 heterocycles. The molecule has 0 saturated carbocycles. The van der Waals surface area contributed by atoms with Crippen LogP contribution in [0.5, 0.6) is 5.75 Å². The minimum atomic E-state index is -0.633. The first-order chi connectivity index (χ1) is 18.3. The van der Waals surface area contributed by atoms with Gasteiger partial charge in [-0.3, -0.25) is 14.4 Å². The van der Waals surface area contributed by atoms with E-state index in [9.17, 15) is 19.5 Å². The lowest BCUT2D eigenvalue weighted by atomic mass is 9.70. The van der Waals surface area contributed by atoms with Gasteiger partial charge >= 0.3 is 0 Å². The van der Waals surface area contributed by atoms with Gasteiger partial charge in [-0.05, 0) is 82.6 Å². The summed E-state index contributed by atoms with van der Waals surface area (Å²) < 4.78 is 4.88. The lowest BCUT2D eigenvalue weighted by Crippen LogP contribution is -2.58. The van der Waals surface area contributed by atoms with Crippen LogP contribution in [0.15, 0.2) is 24.3 Å². The molecule has 0 radical (unpaired) electrons. The normalized spacial score (nSPS) is 28.0. The van der Waals surface area contributed by atoms with Gasteiger partial charge in [0, 0.05) is 29.6 Å². The molecule has 3 amide bonds. The van der Waals surface area contributed by atoms with E-state index >= 15 is 0 Å². The summed E-state index contributed by atoms with van der Waals surface area (Å²) in [7, 11) is 0. The number of carbonyl (C=O) groups excluding carboxylic acids is 3. The van der Waals surface area contributed by atoms with Gasteiger partial charge in [0.2, 0.25) is 17.7 Å². The van der Waals surface area contributed by atoms with Crippen molar-refractivity contribution in [3.63, 3.8) is 0 Å². The zero-order valence-corrected chi connectivity index (χ0v) is 25.0. The van der Waals surface area contributed by atoms with E-state index in [-0.39, 0.29) is 35.0 Å².